The first-order valence-electron chi connectivity index (χ1n) is 19.1. The summed E-state index contributed by atoms with van der Waals surface area (Å²) in [6.45, 7) is 12.1. The zero-order chi connectivity index (χ0) is 39.2. The van der Waals surface area contributed by atoms with Crippen LogP contribution in [-0.2, 0) is 0 Å². The van der Waals surface area contributed by atoms with Gasteiger partial charge in [0.05, 0.1) is 0 Å². The van der Waals surface area contributed by atoms with Crippen molar-refractivity contribution in [3.8, 4) is 28.4 Å². The molecule has 0 saturated carbocycles. The summed E-state index contributed by atoms with van der Waals surface area (Å²) in [6, 6.07) is 30.1. The molecule has 0 unspecified atom stereocenters. The van der Waals surface area contributed by atoms with Crippen LogP contribution in [0.3, 0.4) is 0 Å². The molecule has 0 saturated heterocycles. The fraction of sp³-hybridized carbons (Fsp3) is 0.115. The Morgan fingerprint density at radius 1 is 0.643 bits per heavy atom. The molecular formula is C52H44O3S. The van der Waals surface area contributed by atoms with Crippen LogP contribution in [0.2, 0.25) is 0 Å². The quantitative estimate of drug-likeness (QED) is 0.0432. The minimum Gasteiger partial charge on any atom is -0.504 e. The Kier molecular flexibility index (Phi) is 9.70. The van der Waals surface area contributed by atoms with Crippen molar-refractivity contribution in [2.75, 3.05) is 0 Å². The minimum absolute atomic E-state index is 0.357. The number of phenols is 3. The molecule has 0 atom stereocenters. The summed E-state index contributed by atoms with van der Waals surface area (Å²) in [5.74, 6) is -1.35. The molecule has 7 aromatic rings. The van der Waals surface area contributed by atoms with E-state index >= 15 is 0 Å². The van der Waals surface area contributed by atoms with Gasteiger partial charge in [0.1, 0.15) is 0 Å². The summed E-state index contributed by atoms with van der Waals surface area (Å²) in [5, 5.41) is 44.2. The third-order valence-corrected chi connectivity index (χ3v) is 11.8. The fourth-order valence-electron chi connectivity index (χ4n) is 8.53. The van der Waals surface area contributed by atoms with Crippen LogP contribution in [0.15, 0.2) is 133 Å². The maximum Gasteiger partial charge on any atom is 0.201 e. The predicted molar refractivity (Wildman–Crippen MR) is 243 cm³/mol. The second kappa shape index (κ2) is 14.8. The third-order valence-electron chi connectivity index (χ3n) is 11.3. The van der Waals surface area contributed by atoms with E-state index in [9.17, 15) is 15.3 Å². The molecule has 7 aromatic carbocycles. The molecule has 3 nitrogen and oxygen atoms in total. The molecule has 0 radical (unpaired) electrons. The number of thiol groups is 1. The normalized spacial score (nSPS) is 13.8. The number of phenolic OH excluding ortho intramolecular Hbond substituents is 3. The van der Waals surface area contributed by atoms with Crippen molar-refractivity contribution < 1.29 is 15.3 Å². The summed E-state index contributed by atoms with van der Waals surface area (Å²) in [5.41, 5.74) is 8.09. The van der Waals surface area contributed by atoms with E-state index in [2.05, 4.69) is 130 Å². The molecule has 1 aliphatic rings. The topological polar surface area (TPSA) is 60.7 Å². The number of benzene rings is 7. The molecule has 0 heterocycles. The Bertz CT molecular complexity index is 3040. The molecule has 8 rings (SSSR count). The van der Waals surface area contributed by atoms with Gasteiger partial charge in [-0.2, -0.15) is 0 Å². The van der Waals surface area contributed by atoms with Gasteiger partial charge in [-0.1, -0.05) is 128 Å². The van der Waals surface area contributed by atoms with Gasteiger partial charge in [-0.3, -0.25) is 0 Å². The van der Waals surface area contributed by atoms with Crippen LogP contribution in [0.1, 0.15) is 55.9 Å². The Morgan fingerprint density at radius 3 is 2.02 bits per heavy atom. The first-order valence-corrected chi connectivity index (χ1v) is 19.5. The highest BCUT2D eigenvalue weighted by molar-refractivity contribution is 7.80. The summed E-state index contributed by atoms with van der Waals surface area (Å²) in [4.78, 5) is 0.394. The average molecular weight is 749 g/mol. The summed E-state index contributed by atoms with van der Waals surface area (Å²) < 4.78 is 0. The van der Waals surface area contributed by atoms with Crippen LogP contribution in [-0.4, -0.2) is 15.3 Å². The molecule has 0 fully saturated rings. The van der Waals surface area contributed by atoms with E-state index in [0.29, 0.717) is 21.6 Å². The monoisotopic (exact) mass is 748 g/mol. The minimum atomic E-state index is -0.562. The second-order valence-electron chi connectivity index (χ2n) is 14.6. The molecule has 0 aromatic heterocycles. The van der Waals surface area contributed by atoms with Crippen LogP contribution in [0.4, 0.5) is 0 Å². The average Bonchev–Trinajstić information content (AvgIpc) is 3.22. The molecule has 276 valence electrons. The Balaban J connectivity index is 1.39. The van der Waals surface area contributed by atoms with E-state index in [0.717, 1.165) is 56.7 Å². The van der Waals surface area contributed by atoms with Crippen molar-refractivity contribution in [1.29, 1.82) is 0 Å². The smallest absolute Gasteiger partial charge is 0.201 e. The van der Waals surface area contributed by atoms with Crippen LogP contribution >= 0.6 is 12.6 Å². The van der Waals surface area contributed by atoms with E-state index < -0.39 is 11.5 Å². The molecule has 0 spiro atoms. The van der Waals surface area contributed by atoms with Crippen molar-refractivity contribution >= 4 is 84.6 Å². The second-order valence-corrected chi connectivity index (χ2v) is 15.1. The summed E-state index contributed by atoms with van der Waals surface area (Å²) in [7, 11) is 0. The Hall–Kier alpha value is -6.23. The molecule has 0 amide bonds. The number of hydrogen-bond acceptors (Lipinski definition) is 4. The molecule has 56 heavy (non-hydrogen) atoms. The lowest BCUT2D eigenvalue weighted by Gasteiger charge is -2.20. The third kappa shape index (κ3) is 6.02. The van der Waals surface area contributed by atoms with Gasteiger partial charge in [-0.25, -0.2) is 0 Å². The maximum absolute atomic E-state index is 11.2. The lowest BCUT2D eigenvalue weighted by Crippen LogP contribution is -2.30. The standard InChI is InChI=1S/C52H44O3S/c1-6-14-34(15-7-2)47-41-21-13-12-20-40(41)46(42-27-25-35(28-45(42)47)48-50(54)51(55)49(53)32(5)52(48)56)31(4)23-22-30(3)43-29-44-36-17-9-8-16-33(36)24-26-39(44)37-18-10-11-19-38(37)43/h6-9,12-29,53-56H,1,10-11H2,2-5H3/b15-7-,30-22+,31-23+,34-14+. The van der Waals surface area contributed by atoms with Crippen LogP contribution < -0.4 is 10.4 Å². The van der Waals surface area contributed by atoms with Gasteiger partial charge >= 0.3 is 0 Å². The zero-order valence-electron chi connectivity index (χ0n) is 32.1. The van der Waals surface area contributed by atoms with Crippen molar-refractivity contribution in [3.63, 3.8) is 0 Å². The van der Waals surface area contributed by atoms with E-state index in [-0.39, 0.29) is 5.75 Å². The summed E-state index contributed by atoms with van der Waals surface area (Å²) >= 11 is 4.71. The number of hydrogen-bond donors (Lipinski definition) is 4. The van der Waals surface area contributed by atoms with Crippen LogP contribution in [0, 0.1) is 6.92 Å². The number of allylic oxidation sites excluding steroid dienone is 9. The molecule has 0 bridgehead atoms. The SMILES string of the molecule is C=C/C=C(\C=C/C)c1c2ccccc2c(/C(C)=C/C=C(\C)c2cc3c(ccc4ccccc43)c3c2=CCCC=3)c2ccc(-c3c(O)c(O)c(O)c(C)c3S)cc12. The molecule has 3 N–H and O–H groups in total. The molecule has 1 aliphatic carbocycles. The molecule has 4 heteroatoms. The highest BCUT2D eigenvalue weighted by Gasteiger charge is 2.23. The molecular weight excluding hydrogens is 705 g/mol. The number of fused-ring (bicyclic) bond motifs is 7. The van der Waals surface area contributed by atoms with Crippen LogP contribution in [0.5, 0.6) is 17.2 Å². The van der Waals surface area contributed by atoms with Gasteiger partial charge < -0.3 is 15.3 Å². The van der Waals surface area contributed by atoms with Gasteiger partial charge in [0.25, 0.3) is 0 Å². The first-order chi connectivity index (χ1) is 27.1. The Morgan fingerprint density at radius 2 is 1.29 bits per heavy atom. The van der Waals surface area contributed by atoms with E-state index in [1.165, 1.54) is 43.1 Å². The highest BCUT2D eigenvalue weighted by atomic mass is 32.1. The van der Waals surface area contributed by atoms with E-state index in [1.807, 2.05) is 25.1 Å². The lowest BCUT2D eigenvalue weighted by molar-refractivity contribution is 0.365. The largest absolute Gasteiger partial charge is 0.504 e. The van der Waals surface area contributed by atoms with E-state index in [1.54, 1.807) is 13.0 Å². The van der Waals surface area contributed by atoms with Crippen molar-refractivity contribution in [2.24, 2.45) is 0 Å². The first kappa shape index (κ1) is 36.7. The van der Waals surface area contributed by atoms with Crippen molar-refractivity contribution in [2.45, 2.75) is 45.4 Å². The maximum atomic E-state index is 11.2. The zero-order valence-corrected chi connectivity index (χ0v) is 33.0. The van der Waals surface area contributed by atoms with Gasteiger partial charge in [0.15, 0.2) is 11.5 Å². The lowest BCUT2D eigenvalue weighted by atomic mass is 9.84. The highest BCUT2D eigenvalue weighted by Crippen LogP contribution is 2.50. The van der Waals surface area contributed by atoms with Gasteiger partial charge in [0.2, 0.25) is 5.75 Å². The predicted octanol–water partition coefficient (Wildman–Crippen LogP) is 12.7. The van der Waals surface area contributed by atoms with E-state index in [4.69, 9.17) is 12.6 Å². The van der Waals surface area contributed by atoms with Crippen molar-refractivity contribution in [3.05, 3.63) is 161 Å². The molecule has 0 aliphatic heterocycles. The Labute approximate surface area is 333 Å². The fourth-order valence-corrected chi connectivity index (χ4v) is 8.88. The van der Waals surface area contributed by atoms with Gasteiger partial charge in [-0.05, 0) is 145 Å². The van der Waals surface area contributed by atoms with Crippen molar-refractivity contribution in [1.82, 2.24) is 0 Å². The summed E-state index contributed by atoms with van der Waals surface area (Å²) in [6.07, 6.45) is 19.3. The van der Waals surface area contributed by atoms with Gasteiger partial charge in [0, 0.05) is 16.0 Å². The van der Waals surface area contributed by atoms with Crippen LogP contribution in [0.25, 0.3) is 83.1 Å². The number of rotatable bonds is 7. The van der Waals surface area contributed by atoms with Gasteiger partial charge in [-0.15, -0.1) is 12.6 Å². The number of aromatic hydroxyl groups is 3.